The van der Waals surface area contributed by atoms with E-state index >= 15 is 0 Å². The Hall–Kier alpha value is -2.21. The number of anilines is 1. The number of ether oxygens (including phenoxy) is 1. The molecule has 2 heterocycles. The van der Waals surface area contributed by atoms with Crippen LogP contribution < -0.4 is 16.0 Å². The maximum atomic E-state index is 5.47. The monoisotopic (exact) mass is 271 g/mol. The summed E-state index contributed by atoms with van der Waals surface area (Å²) < 4.78 is 5.05. The second-order valence-corrected chi connectivity index (χ2v) is 4.90. The van der Waals surface area contributed by atoms with Crippen LogP contribution in [0.2, 0.25) is 0 Å². The molecule has 1 aliphatic rings. The van der Waals surface area contributed by atoms with E-state index in [-0.39, 0.29) is 0 Å². The van der Waals surface area contributed by atoms with Gasteiger partial charge in [-0.3, -0.25) is 0 Å². The molecule has 104 valence electrons. The first-order chi connectivity index (χ1) is 9.78. The first-order valence-electron chi connectivity index (χ1n) is 6.62. The van der Waals surface area contributed by atoms with E-state index in [2.05, 4.69) is 20.4 Å². The van der Waals surface area contributed by atoms with Crippen molar-refractivity contribution in [2.45, 2.75) is 25.2 Å². The van der Waals surface area contributed by atoms with Crippen LogP contribution in [0.1, 0.15) is 35.8 Å². The van der Waals surface area contributed by atoms with E-state index < -0.39 is 0 Å². The number of nitrogens with one attached hydrogen (secondary N) is 1. The number of hydrazine groups is 1. The molecule has 3 rings (SSSR count). The zero-order valence-electron chi connectivity index (χ0n) is 11.3. The molecular weight excluding hydrogens is 254 g/mol. The van der Waals surface area contributed by atoms with Gasteiger partial charge in [0.1, 0.15) is 11.6 Å². The third-order valence-corrected chi connectivity index (χ3v) is 3.30. The number of nitrogens with zero attached hydrogens (tertiary/aromatic N) is 3. The molecule has 0 amide bonds. The first-order valence-corrected chi connectivity index (χ1v) is 6.62. The molecule has 2 aromatic heterocycles. The van der Waals surface area contributed by atoms with Crippen LogP contribution in [0.3, 0.4) is 0 Å². The Balaban J connectivity index is 1.83. The van der Waals surface area contributed by atoms with E-state index in [4.69, 9.17) is 10.6 Å². The SMILES string of the molecule is COc1ccc(Cc2nc(NN)cc(C3CC3)n2)cn1. The van der Waals surface area contributed by atoms with Gasteiger partial charge in [0.25, 0.3) is 0 Å². The lowest BCUT2D eigenvalue weighted by Crippen LogP contribution is -2.11. The van der Waals surface area contributed by atoms with Gasteiger partial charge in [-0.1, -0.05) is 6.07 Å². The Morgan fingerprint density at radius 2 is 2.20 bits per heavy atom. The minimum Gasteiger partial charge on any atom is -0.481 e. The molecule has 0 aliphatic heterocycles. The third-order valence-electron chi connectivity index (χ3n) is 3.30. The molecule has 6 nitrogen and oxygen atoms in total. The average Bonchev–Trinajstić information content (AvgIpc) is 3.32. The number of nitrogen functional groups attached to an aromatic ring is 1. The van der Waals surface area contributed by atoms with Crippen LogP contribution >= 0.6 is 0 Å². The van der Waals surface area contributed by atoms with Crippen LogP contribution in [0, 0.1) is 0 Å². The Kier molecular flexibility index (Phi) is 3.47. The smallest absolute Gasteiger partial charge is 0.212 e. The van der Waals surface area contributed by atoms with E-state index in [0.717, 1.165) is 17.1 Å². The minimum atomic E-state index is 0.567. The lowest BCUT2D eigenvalue weighted by molar-refractivity contribution is 0.397. The van der Waals surface area contributed by atoms with Crippen molar-refractivity contribution in [1.82, 2.24) is 15.0 Å². The maximum absolute atomic E-state index is 5.47. The van der Waals surface area contributed by atoms with Crippen LogP contribution in [0.25, 0.3) is 0 Å². The third kappa shape index (κ3) is 2.85. The van der Waals surface area contributed by atoms with Gasteiger partial charge in [0, 0.05) is 36.4 Å². The fourth-order valence-corrected chi connectivity index (χ4v) is 2.08. The fourth-order valence-electron chi connectivity index (χ4n) is 2.08. The average molecular weight is 271 g/mol. The van der Waals surface area contributed by atoms with Gasteiger partial charge in [0.15, 0.2) is 0 Å². The number of nitrogens with two attached hydrogens (primary N) is 1. The summed E-state index contributed by atoms with van der Waals surface area (Å²) in [5.41, 5.74) is 4.72. The largest absolute Gasteiger partial charge is 0.481 e. The summed E-state index contributed by atoms with van der Waals surface area (Å²) in [6.45, 7) is 0. The molecule has 1 fully saturated rings. The number of rotatable bonds is 5. The van der Waals surface area contributed by atoms with Gasteiger partial charge in [-0.15, -0.1) is 0 Å². The maximum Gasteiger partial charge on any atom is 0.212 e. The summed E-state index contributed by atoms with van der Waals surface area (Å²) in [5.74, 6) is 8.06. The molecule has 0 unspecified atom stereocenters. The summed E-state index contributed by atoms with van der Waals surface area (Å²) in [5, 5.41) is 0. The van der Waals surface area contributed by atoms with Crippen molar-refractivity contribution in [3.8, 4) is 5.88 Å². The van der Waals surface area contributed by atoms with E-state index in [1.165, 1.54) is 12.8 Å². The molecule has 6 heteroatoms. The summed E-state index contributed by atoms with van der Waals surface area (Å²) in [4.78, 5) is 13.2. The standard InChI is InChI=1S/C14H17N5O/c1-20-14-5-2-9(8-16-14)6-12-17-11(10-3-4-10)7-13(18-12)19-15/h2,5,7-8,10H,3-4,6,15H2,1H3,(H,17,18,19). The number of hydrogen-bond donors (Lipinski definition) is 2. The van der Waals surface area contributed by atoms with Gasteiger partial charge in [0.2, 0.25) is 5.88 Å². The second kappa shape index (κ2) is 5.42. The van der Waals surface area contributed by atoms with Gasteiger partial charge in [0.05, 0.1) is 7.11 Å². The number of aromatic nitrogens is 3. The van der Waals surface area contributed by atoms with Gasteiger partial charge in [-0.2, -0.15) is 0 Å². The van der Waals surface area contributed by atoms with Crippen molar-refractivity contribution >= 4 is 5.82 Å². The highest BCUT2D eigenvalue weighted by Crippen LogP contribution is 2.39. The summed E-state index contributed by atoms with van der Waals surface area (Å²) >= 11 is 0. The van der Waals surface area contributed by atoms with Crippen molar-refractivity contribution in [3.05, 3.63) is 41.5 Å². The van der Waals surface area contributed by atoms with Crippen LogP contribution in [0.15, 0.2) is 24.4 Å². The van der Waals surface area contributed by atoms with Crippen molar-refractivity contribution < 1.29 is 4.74 Å². The first kappa shape index (κ1) is 12.8. The predicted molar refractivity (Wildman–Crippen MR) is 75.4 cm³/mol. The van der Waals surface area contributed by atoms with Crippen LogP contribution in [0.4, 0.5) is 5.82 Å². The molecule has 1 saturated carbocycles. The number of hydrogen-bond acceptors (Lipinski definition) is 6. The van der Waals surface area contributed by atoms with Crippen molar-refractivity contribution in [3.63, 3.8) is 0 Å². The van der Waals surface area contributed by atoms with Crippen molar-refractivity contribution in [2.24, 2.45) is 5.84 Å². The topological polar surface area (TPSA) is 86.0 Å². The second-order valence-electron chi connectivity index (χ2n) is 4.90. The number of pyridine rings is 1. The van der Waals surface area contributed by atoms with Crippen molar-refractivity contribution in [1.29, 1.82) is 0 Å². The normalized spacial score (nSPS) is 14.1. The molecular formula is C14H17N5O. The van der Waals surface area contributed by atoms with E-state index in [9.17, 15) is 0 Å². The molecule has 0 bridgehead atoms. The van der Waals surface area contributed by atoms with Gasteiger partial charge < -0.3 is 10.2 Å². The van der Waals surface area contributed by atoms with Crippen LogP contribution in [-0.2, 0) is 6.42 Å². The summed E-state index contributed by atoms with van der Waals surface area (Å²) in [6, 6.07) is 5.73. The summed E-state index contributed by atoms with van der Waals surface area (Å²) in [7, 11) is 1.60. The zero-order chi connectivity index (χ0) is 13.9. The lowest BCUT2D eigenvalue weighted by atomic mass is 10.2. The molecule has 20 heavy (non-hydrogen) atoms. The van der Waals surface area contributed by atoms with E-state index in [1.807, 2.05) is 18.2 Å². The zero-order valence-corrected chi connectivity index (χ0v) is 11.3. The van der Waals surface area contributed by atoms with Crippen LogP contribution in [-0.4, -0.2) is 22.1 Å². The van der Waals surface area contributed by atoms with E-state index in [0.29, 0.717) is 24.0 Å². The Labute approximate surface area is 117 Å². The molecule has 0 spiro atoms. The van der Waals surface area contributed by atoms with Gasteiger partial charge in [-0.25, -0.2) is 20.8 Å². The molecule has 0 aromatic carbocycles. The Morgan fingerprint density at radius 1 is 1.35 bits per heavy atom. The minimum absolute atomic E-state index is 0.567. The van der Waals surface area contributed by atoms with Crippen LogP contribution in [0.5, 0.6) is 5.88 Å². The van der Waals surface area contributed by atoms with E-state index in [1.54, 1.807) is 13.3 Å². The Morgan fingerprint density at radius 3 is 2.80 bits per heavy atom. The highest BCUT2D eigenvalue weighted by atomic mass is 16.5. The fraction of sp³-hybridized carbons (Fsp3) is 0.357. The molecule has 0 atom stereocenters. The molecule has 0 saturated heterocycles. The molecule has 2 aromatic rings. The van der Waals surface area contributed by atoms with Gasteiger partial charge >= 0.3 is 0 Å². The summed E-state index contributed by atoms with van der Waals surface area (Å²) in [6.07, 6.45) is 4.81. The molecule has 1 aliphatic carbocycles. The number of methoxy groups -OCH3 is 1. The quantitative estimate of drug-likeness (QED) is 0.635. The highest BCUT2D eigenvalue weighted by molar-refractivity contribution is 5.37. The highest BCUT2D eigenvalue weighted by Gasteiger charge is 2.26. The van der Waals surface area contributed by atoms with Crippen molar-refractivity contribution in [2.75, 3.05) is 12.5 Å². The van der Waals surface area contributed by atoms with Gasteiger partial charge in [-0.05, 0) is 18.4 Å². The molecule has 0 radical (unpaired) electrons. The lowest BCUT2D eigenvalue weighted by Gasteiger charge is -2.07. The molecule has 3 N–H and O–H groups in total. The Bertz CT molecular complexity index is 595. The predicted octanol–water partition coefficient (Wildman–Crippen LogP) is 1.63.